The van der Waals surface area contributed by atoms with Crippen molar-refractivity contribution in [3.63, 3.8) is 0 Å². The smallest absolute Gasteiger partial charge is 0.264 e. The molecule has 0 aliphatic rings. The molecule has 0 aliphatic heterocycles. The van der Waals surface area contributed by atoms with Crippen LogP contribution in [0.25, 0.3) is 16.7 Å². The van der Waals surface area contributed by atoms with E-state index >= 15 is 0 Å². The number of fused-ring (bicyclic) bond motifs is 1. The van der Waals surface area contributed by atoms with Crippen LogP contribution >= 0.6 is 0 Å². The van der Waals surface area contributed by atoms with Crippen molar-refractivity contribution in [1.29, 1.82) is 0 Å². The molecule has 2 aromatic heterocycles. The highest BCUT2D eigenvalue weighted by Crippen LogP contribution is 2.17. The van der Waals surface area contributed by atoms with Crippen LogP contribution in [0.15, 0.2) is 59.8 Å². The molecule has 4 rings (SSSR count). The minimum atomic E-state index is -0.301. The predicted octanol–water partition coefficient (Wildman–Crippen LogP) is 3.39. The summed E-state index contributed by atoms with van der Waals surface area (Å²) >= 11 is 0. The van der Waals surface area contributed by atoms with Crippen molar-refractivity contribution in [2.24, 2.45) is 0 Å². The lowest BCUT2D eigenvalue weighted by Crippen LogP contribution is -2.21. The summed E-state index contributed by atoms with van der Waals surface area (Å²) in [6, 6.07) is 12.2. The van der Waals surface area contributed by atoms with Gasteiger partial charge in [0.15, 0.2) is 5.65 Å². The summed E-state index contributed by atoms with van der Waals surface area (Å²) in [5.41, 5.74) is 4.30. The Labute approximate surface area is 149 Å². The average molecular weight is 348 g/mol. The van der Waals surface area contributed by atoms with Gasteiger partial charge in [0, 0.05) is 0 Å². The zero-order valence-corrected chi connectivity index (χ0v) is 14.5. The topological polar surface area (TPSA) is 52.7 Å². The second-order valence-electron chi connectivity index (χ2n) is 6.44. The summed E-state index contributed by atoms with van der Waals surface area (Å²) < 4.78 is 16.2. The summed E-state index contributed by atoms with van der Waals surface area (Å²) in [4.78, 5) is 17.2. The number of benzene rings is 2. The average Bonchev–Trinajstić information content (AvgIpc) is 3.03. The van der Waals surface area contributed by atoms with Crippen LogP contribution in [-0.4, -0.2) is 19.3 Å². The van der Waals surface area contributed by atoms with E-state index in [-0.39, 0.29) is 11.4 Å². The molecule has 26 heavy (non-hydrogen) atoms. The second-order valence-corrected chi connectivity index (χ2v) is 6.44. The quantitative estimate of drug-likeness (QED) is 0.570. The van der Waals surface area contributed by atoms with Crippen LogP contribution < -0.4 is 5.56 Å². The van der Waals surface area contributed by atoms with Crippen LogP contribution in [0.4, 0.5) is 4.39 Å². The lowest BCUT2D eigenvalue weighted by atomic mass is 10.1. The lowest BCUT2D eigenvalue weighted by Gasteiger charge is -2.08. The van der Waals surface area contributed by atoms with E-state index in [1.165, 1.54) is 23.0 Å². The molecule has 130 valence electrons. The predicted molar refractivity (Wildman–Crippen MR) is 98.1 cm³/mol. The Hall–Kier alpha value is -3.28. The number of aryl methyl sites for hydroxylation is 2. The van der Waals surface area contributed by atoms with E-state index in [2.05, 4.69) is 16.1 Å². The third kappa shape index (κ3) is 2.90. The van der Waals surface area contributed by atoms with Crippen molar-refractivity contribution >= 4 is 11.0 Å². The molecule has 0 bridgehead atoms. The monoisotopic (exact) mass is 348 g/mol. The van der Waals surface area contributed by atoms with Gasteiger partial charge in [0.05, 0.1) is 18.4 Å². The number of hydrogen-bond acceptors (Lipinski definition) is 3. The number of halogens is 1. The Morgan fingerprint density at radius 1 is 1.04 bits per heavy atom. The van der Waals surface area contributed by atoms with E-state index in [0.29, 0.717) is 17.6 Å². The van der Waals surface area contributed by atoms with E-state index in [0.717, 1.165) is 22.4 Å². The van der Waals surface area contributed by atoms with Gasteiger partial charge in [0.2, 0.25) is 0 Å². The maximum absolute atomic E-state index is 13.0. The Balaban J connectivity index is 1.78. The fraction of sp³-hybridized carbons (Fsp3) is 0.150. The van der Waals surface area contributed by atoms with Crippen molar-refractivity contribution in [3.8, 4) is 5.69 Å². The minimum Gasteiger partial charge on any atom is -0.294 e. The molecular weight excluding hydrogens is 331 g/mol. The Bertz CT molecular complexity index is 1140. The van der Waals surface area contributed by atoms with Gasteiger partial charge in [-0.05, 0) is 54.8 Å². The number of nitrogens with zero attached hydrogens (tertiary/aromatic N) is 4. The van der Waals surface area contributed by atoms with E-state index in [4.69, 9.17) is 0 Å². The molecule has 0 unspecified atom stereocenters. The van der Waals surface area contributed by atoms with Crippen LogP contribution in [0.3, 0.4) is 0 Å². The Kier molecular flexibility index (Phi) is 3.88. The van der Waals surface area contributed by atoms with E-state index < -0.39 is 0 Å². The van der Waals surface area contributed by atoms with Gasteiger partial charge in [0.1, 0.15) is 17.5 Å². The normalized spacial score (nSPS) is 11.2. The van der Waals surface area contributed by atoms with Crippen molar-refractivity contribution in [3.05, 3.63) is 87.9 Å². The molecule has 0 radical (unpaired) electrons. The molecule has 0 N–H and O–H groups in total. The van der Waals surface area contributed by atoms with Crippen molar-refractivity contribution in [2.45, 2.75) is 20.4 Å². The summed E-state index contributed by atoms with van der Waals surface area (Å²) in [7, 11) is 0. The summed E-state index contributed by atoms with van der Waals surface area (Å²) in [5, 5.41) is 4.81. The first kappa shape index (κ1) is 16.2. The summed E-state index contributed by atoms with van der Waals surface area (Å²) in [5.74, 6) is -0.301. The number of aromatic nitrogens is 4. The van der Waals surface area contributed by atoms with Gasteiger partial charge < -0.3 is 0 Å². The molecule has 2 aromatic carbocycles. The number of hydrogen-bond donors (Lipinski definition) is 0. The standard InChI is InChI=1S/C20H17FN4O/c1-13-7-14(2)9-17(8-13)25-19-18(10-23-25)20(26)24(12-22-19)11-15-3-5-16(21)6-4-15/h3-10,12H,11H2,1-2H3. The maximum Gasteiger partial charge on any atom is 0.264 e. The van der Waals surface area contributed by atoms with Crippen LogP contribution in [0.2, 0.25) is 0 Å². The third-order valence-electron chi connectivity index (χ3n) is 4.27. The minimum absolute atomic E-state index is 0.171. The molecule has 0 saturated heterocycles. The largest absolute Gasteiger partial charge is 0.294 e. The fourth-order valence-corrected chi connectivity index (χ4v) is 3.11. The van der Waals surface area contributed by atoms with Crippen molar-refractivity contribution in [2.75, 3.05) is 0 Å². The molecule has 0 saturated carbocycles. The zero-order valence-electron chi connectivity index (χ0n) is 14.5. The molecule has 0 amide bonds. The molecule has 4 aromatic rings. The highest BCUT2D eigenvalue weighted by Gasteiger charge is 2.12. The zero-order chi connectivity index (χ0) is 18.3. The molecule has 6 heteroatoms. The SMILES string of the molecule is Cc1cc(C)cc(-n2ncc3c(=O)n(Cc4ccc(F)cc4)cnc32)c1. The first-order valence-electron chi connectivity index (χ1n) is 8.27. The first-order valence-corrected chi connectivity index (χ1v) is 8.27. The van der Waals surface area contributed by atoms with E-state index in [1.54, 1.807) is 23.0 Å². The maximum atomic E-state index is 13.0. The first-order chi connectivity index (χ1) is 12.5. The van der Waals surface area contributed by atoms with Crippen LogP contribution in [-0.2, 0) is 6.54 Å². The Morgan fingerprint density at radius 3 is 2.42 bits per heavy atom. The number of rotatable bonds is 3. The molecule has 0 atom stereocenters. The molecular formula is C20H17FN4O. The van der Waals surface area contributed by atoms with Crippen LogP contribution in [0.1, 0.15) is 16.7 Å². The fourth-order valence-electron chi connectivity index (χ4n) is 3.11. The molecule has 2 heterocycles. The lowest BCUT2D eigenvalue weighted by molar-refractivity contribution is 0.626. The molecule has 0 fully saturated rings. The third-order valence-corrected chi connectivity index (χ3v) is 4.27. The van der Waals surface area contributed by atoms with Crippen molar-refractivity contribution in [1.82, 2.24) is 19.3 Å². The molecule has 0 spiro atoms. The van der Waals surface area contributed by atoms with Gasteiger partial charge >= 0.3 is 0 Å². The van der Waals surface area contributed by atoms with E-state index in [1.807, 2.05) is 26.0 Å². The highest BCUT2D eigenvalue weighted by molar-refractivity contribution is 5.75. The Morgan fingerprint density at radius 2 is 1.73 bits per heavy atom. The summed E-state index contributed by atoms with van der Waals surface area (Å²) in [6.45, 7) is 4.37. The second kappa shape index (κ2) is 6.22. The van der Waals surface area contributed by atoms with Crippen LogP contribution in [0.5, 0.6) is 0 Å². The van der Waals surface area contributed by atoms with Gasteiger partial charge in [-0.2, -0.15) is 5.10 Å². The molecule has 0 aliphatic carbocycles. The highest BCUT2D eigenvalue weighted by atomic mass is 19.1. The van der Waals surface area contributed by atoms with Gasteiger partial charge in [0.25, 0.3) is 5.56 Å². The van der Waals surface area contributed by atoms with Crippen LogP contribution in [0, 0.1) is 19.7 Å². The summed E-state index contributed by atoms with van der Waals surface area (Å²) in [6.07, 6.45) is 3.05. The van der Waals surface area contributed by atoms with Crippen molar-refractivity contribution < 1.29 is 4.39 Å². The van der Waals surface area contributed by atoms with Gasteiger partial charge in [-0.1, -0.05) is 18.2 Å². The van der Waals surface area contributed by atoms with E-state index in [9.17, 15) is 9.18 Å². The van der Waals surface area contributed by atoms with Gasteiger partial charge in [-0.3, -0.25) is 9.36 Å². The van der Waals surface area contributed by atoms with Gasteiger partial charge in [-0.25, -0.2) is 14.1 Å². The van der Waals surface area contributed by atoms with Gasteiger partial charge in [-0.15, -0.1) is 0 Å². The molecule has 5 nitrogen and oxygen atoms in total.